The van der Waals surface area contributed by atoms with Crippen molar-refractivity contribution >= 4 is 28.9 Å². The van der Waals surface area contributed by atoms with E-state index in [-0.39, 0.29) is 36.7 Å². The number of carbonyl (C=O) groups excluding carboxylic acids is 1. The van der Waals surface area contributed by atoms with Crippen LogP contribution in [0.2, 0.25) is 0 Å². The van der Waals surface area contributed by atoms with Gasteiger partial charge in [0.15, 0.2) is 0 Å². The highest BCUT2D eigenvalue weighted by Gasteiger charge is 2.33. The molecule has 7 nitrogen and oxygen atoms in total. The van der Waals surface area contributed by atoms with Crippen molar-refractivity contribution in [3.63, 3.8) is 0 Å². The van der Waals surface area contributed by atoms with E-state index in [2.05, 4.69) is 15.6 Å². The van der Waals surface area contributed by atoms with Crippen molar-refractivity contribution in [3.8, 4) is 5.75 Å². The van der Waals surface area contributed by atoms with E-state index in [0.29, 0.717) is 35.1 Å². The van der Waals surface area contributed by atoms with Gasteiger partial charge in [0.2, 0.25) is 0 Å². The zero-order chi connectivity index (χ0) is 23.0. The van der Waals surface area contributed by atoms with Crippen LogP contribution in [0.3, 0.4) is 0 Å². The predicted molar refractivity (Wildman–Crippen MR) is 119 cm³/mol. The number of ether oxygens (including phenoxy) is 1. The third-order valence-corrected chi connectivity index (χ3v) is 6.23. The number of rotatable bonds is 3. The number of amides is 1. The van der Waals surface area contributed by atoms with Crippen molar-refractivity contribution < 1.29 is 18.3 Å². The predicted octanol–water partition coefficient (Wildman–Crippen LogP) is 3.13. The zero-order valence-electron chi connectivity index (χ0n) is 17.8. The smallest absolute Gasteiger partial charge is 0.258 e. The Balaban J connectivity index is 1.58. The molecule has 2 saturated heterocycles. The number of nitrogens with one attached hydrogen (secondary N) is 3. The molecule has 0 bridgehead atoms. The van der Waals surface area contributed by atoms with E-state index in [0.717, 1.165) is 11.8 Å². The molecule has 10 heteroatoms. The van der Waals surface area contributed by atoms with Gasteiger partial charge in [0.25, 0.3) is 5.91 Å². The summed E-state index contributed by atoms with van der Waals surface area (Å²) in [5.74, 6) is -0.512. The van der Waals surface area contributed by atoms with E-state index < -0.39 is 24.0 Å². The van der Waals surface area contributed by atoms with Crippen LogP contribution in [0.1, 0.15) is 30.6 Å². The van der Waals surface area contributed by atoms with E-state index in [1.165, 1.54) is 17.0 Å². The van der Waals surface area contributed by atoms with Crippen LogP contribution in [0.5, 0.6) is 5.75 Å². The van der Waals surface area contributed by atoms with Crippen LogP contribution >= 0.6 is 11.6 Å². The molecular weight excluding hydrogens is 440 g/mol. The van der Waals surface area contributed by atoms with Crippen molar-refractivity contribution in [3.05, 3.63) is 51.7 Å². The molecule has 0 spiro atoms. The number of hydrogen-bond donors (Lipinski definition) is 3. The minimum Gasteiger partial charge on any atom is -0.486 e. The molecule has 0 radical (unpaired) electrons. The average molecular weight is 464 g/mol. The summed E-state index contributed by atoms with van der Waals surface area (Å²) in [6.45, 7) is 4.53. The Morgan fingerprint density at radius 2 is 2.12 bits per heavy atom. The summed E-state index contributed by atoms with van der Waals surface area (Å²) in [6.07, 6.45) is -1.61. The van der Waals surface area contributed by atoms with E-state index >= 15 is 0 Å². The highest BCUT2D eigenvalue weighted by Crippen LogP contribution is 2.28. The van der Waals surface area contributed by atoms with Crippen molar-refractivity contribution in [2.45, 2.75) is 32.5 Å². The van der Waals surface area contributed by atoms with Gasteiger partial charge in [-0.25, -0.2) is 13.8 Å². The normalized spacial score (nSPS) is 26.2. The topological polar surface area (TPSA) is 89.8 Å². The average Bonchev–Trinajstić information content (AvgIpc) is 3.14. The highest BCUT2D eigenvalue weighted by atomic mass is 35.5. The first kappa shape index (κ1) is 22.4. The third-order valence-electron chi connectivity index (χ3n) is 5.67. The van der Waals surface area contributed by atoms with Gasteiger partial charge in [-0.1, -0.05) is 11.6 Å². The number of hydrogen-bond acceptors (Lipinski definition) is 6. The quantitative estimate of drug-likeness (QED) is 0.642. The Morgan fingerprint density at radius 3 is 2.84 bits per heavy atom. The molecule has 0 saturated carbocycles. The van der Waals surface area contributed by atoms with Crippen LogP contribution in [0, 0.1) is 11.2 Å². The monoisotopic (exact) mass is 463 g/mol. The lowest BCUT2D eigenvalue weighted by Crippen LogP contribution is -2.44. The maximum atomic E-state index is 14.2. The molecule has 3 heterocycles. The molecule has 170 valence electrons. The molecule has 3 aliphatic heterocycles. The third kappa shape index (κ3) is 4.40. The van der Waals surface area contributed by atoms with Gasteiger partial charge >= 0.3 is 0 Å². The van der Waals surface area contributed by atoms with E-state index in [4.69, 9.17) is 21.7 Å². The minimum atomic E-state index is -1.26. The number of carbonyl (C=O) groups is 1. The lowest BCUT2D eigenvalue weighted by Gasteiger charge is -2.28. The van der Waals surface area contributed by atoms with E-state index in [1.807, 2.05) is 6.92 Å². The minimum absolute atomic E-state index is 0.00685. The van der Waals surface area contributed by atoms with Crippen molar-refractivity contribution in [2.24, 2.45) is 4.99 Å². The lowest BCUT2D eigenvalue weighted by molar-refractivity contribution is 0.0678. The number of halogens is 3. The second-order valence-electron chi connectivity index (χ2n) is 8.03. The van der Waals surface area contributed by atoms with Crippen LogP contribution in [-0.2, 0) is 0 Å². The van der Waals surface area contributed by atoms with Crippen LogP contribution in [0.25, 0.3) is 0 Å². The number of allylic oxidation sites excluding steroid dienone is 2. The highest BCUT2D eigenvalue weighted by molar-refractivity contribution is 6.43. The molecule has 32 heavy (non-hydrogen) atoms. The molecular formula is C22H24ClF2N5O2. The zero-order valence-corrected chi connectivity index (χ0v) is 18.5. The Kier molecular flexibility index (Phi) is 6.30. The number of aliphatic imine (C=N–C) groups is 1. The number of alkyl halides is 1. The maximum absolute atomic E-state index is 14.2. The second-order valence-corrected chi connectivity index (χ2v) is 8.41. The van der Waals surface area contributed by atoms with Gasteiger partial charge in [0.1, 0.15) is 29.7 Å². The van der Waals surface area contributed by atoms with E-state index in [9.17, 15) is 13.6 Å². The van der Waals surface area contributed by atoms with Crippen LogP contribution in [0.4, 0.5) is 8.78 Å². The van der Waals surface area contributed by atoms with Crippen molar-refractivity contribution in [1.82, 2.24) is 15.5 Å². The number of nitrogens with zero attached hydrogens (tertiary/aromatic N) is 2. The standard InChI is InChI=1S/C22H24ClF2N5O2/c1-11-20(23)12(2)29-21(28-11)15-9-30(10-17(15)26)22(31)14-4-3-13(24)7-19(14)32-18-5-6-27-8-16(18)25/h3-4,7,16,18,26-28H,5-6,8-10H2,1-2H3/b21-15+,26-17?. The summed E-state index contributed by atoms with van der Waals surface area (Å²) >= 11 is 6.18. The molecule has 2 unspecified atom stereocenters. The number of likely N-dealkylation sites (tertiary alicyclic amines) is 1. The second kappa shape index (κ2) is 8.99. The van der Waals surface area contributed by atoms with Gasteiger partial charge in [-0.3, -0.25) is 4.79 Å². The van der Waals surface area contributed by atoms with Crippen LogP contribution in [-0.4, -0.2) is 60.7 Å². The molecule has 3 N–H and O–H groups in total. The van der Waals surface area contributed by atoms with Gasteiger partial charge in [-0.2, -0.15) is 0 Å². The maximum Gasteiger partial charge on any atom is 0.258 e. The van der Waals surface area contributed by atoms with Crippen molar-refractivity contribution in [1.29, 1.82) is 5.41 Å². The van der Waals surface area contributed by atoms with Gasteiger partial charge in [-0.15, -0.1) is 0 Å². The fraction of sp³-hybridized carbons (Fsp3) is 0.409. The lowest BCUT2D eigenvalue weighted by atomic mass is 10.1. The molecule has 4 rings (SSSR count). The van der Waals surface area contributed by atoms with Crippen LogP contribution in [0.15, 0.2) is 45.3 Å². The number of benzene rings is 1. The molecule has 1 aromatic rings. The molecule has 0 aliphatic carbocycles. The Morgan fingerprint density at radius 1 is 1.34 bits per heavy atom. The summed E-state index contributed by atoms with van der Waals surface area (Å²) in [5, 5.41) is 14.9. The SMILES string of the molecule is CC1=N/C(=C2\CN(C(=O)c3ccc(F)cc3OC3CCNCC3F)CC2=N)NC(C)=C1Cl. The summed E-state index contributed by atoms with van der Waals surface area (Å²) in [6, 6.07) is 3.61. The molecule has 0 aromatic heterocycles. The van der Waals surface area contributed by atoms with Gasteiger partial charge in [-0.05, 0) is 38.9 Å². The fourth-order valence-corrected chi connectivity index (χ4v) is 4.00. The first-order valence-electron chi connectivity index (χ1n) is 10.3. The van der Waals surface area contributed by atoms with Crippen LogP contribution < -0.4 is 15.4 Å². The Bertz CT molecular complexity index is 1070. The first-order valence-corrected chi connectivity index (χ1v) is 10.7. The fourth-order valence-electron chi connectivity index (χ4n) is 3.91. The molecule has 1 amide bonds. The Hall–Kier alpha value is -2.78. The molecule has 1 aromatic carbocycles. The van der Waals surface area contributed by atoms with Gasteiger partial charge in [0, 0.05) is 23.9 Å². The van der Waals surface area contributed by atoms with E-state index in [1.54, 1.807) is 6.92 Å². The first-order chi connectivity index (χ1) is 15.2. The Labute approximate surface area is 189 Å². The van der Waals surface area contributed by atoms with Crippen molar-refractivity contribution in [2.75, 3.05) is 26.2 Å². The summed E-state index contributed by atoms with van der Waals surface area (Å²) in [5.41, 5.74) is 2.30. The molecule has 2 fully saturated rings. The summed E-state index contributed by atoms with van der Waals surface area (Å²) < 4.78 is 33.9. The van der Waals surface area contributed by atoms with Gasteiger partial charge < -0.3 is 25.7 Å². The summed E-state index contributed by atoms with van der Waals surface area (Å²) in [7, 11) is 0. The van der Waals surface area contributed by atoms with Gasteiger partial charge in [0.05, 0.1) is 35.1 Å². The molecule has 2 atom stereocenters. The summed E-state index contributed by atoms with van der Waals surface area (Å²) in [4.78, 5) is 19.2. The molecule has 3 aliphatic rings. The largest absolute Gasteiger partial charge is 0.486 e. The number of piperidine rings is 1.